The molecule has 0 fully saturated rings. The summed E-state index contributed by atoms with van der Waals surface area (Å²) in [6.07, 6.45) is 1.15. The summed E-state index contributed by atoms with van der Waals surface area (Å²) in [6.45, 7) is 4.45. The number of amidine groups is 1. The van der Waals surface area contributed by atoms with Gasteiger partial charge in [0.25, 0.3) is 0 Å². The van der Waals surface area contributed by atoms with Gasteiger partial charge in [-0.2, -0.15) is 0 Å². The molecule has 0 aliphatic carbocycles. The molecule has 0 saturated carbocycles. The number of nitrogens with two attached hydrogens (primary N) is 1. The molecule has 0 heterocycles. The van der Waals surface area contributed by atoms with E-state index >= 15 is 0 Å². The van der Waals surface area contributed by atoms with E-state index in [0.717, 1.165) is 13.0 Å². The highest BCUT2D eigenvalue weighted by Gasteiger charge is 2.17. The molecule has 5 heteroatoms. The maximum Gasteiger partial charge on any atom is 0.156 e. The zero-order valence-electron chi connectivity index (χ0n) is 9.14. The molecule has 0 spiro atoms. The van der Waals surface area contributed by atoms with E-state index in [1.807, 2.05) is 18.9 Å². The summed E-state index contributed by atoms with van der Waals surface area (Å²) in [6, 6.07) is -0.0567. The maximum absolute atomic E-state index is 9.11. The molecule has 84 valence electrons. The standard InChI is InChI=1S/C9H21N3O2/c1-4-8(9(10)11-14)12(3)6-5-7(2)13/h7-8,13-14H,4-6H2,1-3H3,(H2,10,11). The lowest BCUT2D eigenvalue weighted by Gasteiger charge is -2.26. The van der Waals surface area contributed by atoms with E-state index < -0.39 is 0 Å². The quantitative estimate of drug-likeness (QED) is 0.249. The fourth-order valence-corrected chi connectivity index (χ4v) is 1.36. The molecule has 0 saturated heterocycles. The summed E-state index contributed by atoms with van der Waals surface area (Å²) < 4.78 is 0. The highest BCUT2D eigenvalue weighted by atomic mass is 16.4. The van der Waals surface area contributed by atoms with Gasteiger partial charge in [0.05, 0.1) is 12.1 Å². The van der Waals surface area contributed by atoms with Crippen molar-refractivity contribution >= 4 is 5.84 Å². The number of rotatable bonds is 6. The second-order valence-electron chi connectivity index (χ2n) is 3.57. The Morgan fingerprint density at radius 3 is 2.50 bits per heavy atom. The van der Waals surface area contributed by atoms with Crippen molar-refractivity contribution in [3.63, 3.8) is 0 Å². The Kier molecular flexibility index (Phi) is 6.23. The van der Waals surface area contributed by atoms with Crippen molar-refractivity contribution in [3.05, 3.63) is 0 Å². The Labute approximate surface area is 85.2 Å². The summed E-state index contributed by atoms with van der Waals surface area (Å²) in [5, 5.41) is 20.7. The molecular formula is C9H21N3O2. The van der Waals surface area contributed by atoms with Gasteiger partial charge in [-0.05, 0) is 26.8 Å². The van der Waals surface area contributed by atoms with Crippen molar-refractivity contribution in [1.29, 1.82) is 0 Å². The molecule has 2 atom stereocenters. The van der Waals surface area contributed by atoms with Gasteiger partial charge >= 0.3 is 0 Å². The zero-order valence-corrected chi connectivity index (χ0v) is 9.14. The van der Waals surface area contributed by atoms with Gasteiger partial charge < -0.3 is 16.0 Å². The SMILES string of the molecule is CCC(C(N)=NO)N(C)CCC(C)O. The first-order chi connectivity index (χ1) is 6.52. The van der Waals surface area contributed by atoms with Gasteiger partial charge in [0.1, 0.15) is 0 Å². The molecule has 2 unspecified atom stereocenters. The van der Waals surface area contributed by atoms with Crippen molar-refractivity contribution in [2.24, 2.45) is 10.9 Å². The average molecular weight is 203 g/mol. The van der Waals surface area contributed by atoms with Crippen LogP contribution in [-0.4, -0.2) is 46.8 Å². The van der Waals surface area contributed by atoms with Crippen molar-refractivity contribution in [1.82, 2.24) is 4.90 Å². The van der Waals surface area contributed by atoms with Gasteiger partial charge in [0.2, 0.25) is 0 Å². The lowest BCUT2D eigenvalue weighted by Crippen LogP contribution is -2.43. The number of aliphatic hydroxyl groups is 1. The summed E-state index contributed by atoms with van der Waals surface area (Å²) in [4.78, 5) is 1.97. The Hall–Kier alpha value is -0.810. The third-order valence-corrected chi connectivity index (χ3v) is 2.28. The van der Waals surface area contributed by atoms with Gasteiger partial charge in [-0.1, -0.05) is 12.1 Å². The van der Waals surface area contributed by atoms with E-state index in [4.69, 9.17) is 16.0 Å². The molecule has 0 radical (unpaired) electrons. The minimum atomic E-state index is -0.317. The lowest BCUT2D eigenvalue weighted by atomic mass is 10.1. The normalized spacial score (nSPS) is 17.1. The fourth-order valence-electron chi connectivity index (χ4n) is 1.36. The van der Waals surface area contributed by atoms with Crippen LogP contribution >= 0.6 is 0 Å². The molecule has 0 aliphatic heterocycles. The molecule has 5 nitrogen and oxygen atoms in total. The van der Waals surface area contributed by atoms with Crippen LogP contribution < -0.4 is 5.73 Å². The Morgan fingerprint density at radius 2 is 2.14 bits per heavy atom. The smallest absolute Gasteiger partial charge is 0.156 e. The molecule has 0 aromatic rings. The molecule has 14 heavy (non-hydrogen) atoms. The van der Waals surface area contributed by atoms with Crippen LogP contribution in [-0.2, 0) is 0 Å². The summed E-state index contributed by atoms with van der Waals surface area (Å²) in [5.74, 6) is 0.223. The second kappa shape index (κ2) is 6.62. The number of likely N-dealkylation sites (N-methyl/N-ethyl adjacent to an activating group) is 1. The topological polar surface area (TPSA) is 82.1 Å². The number of oxime groups is 1. The van der Waals surface area contributed by atoms with Gasteiger partial charge in [0.15, 0.2) is 5.84 Å². The molecule has 0 aromatic carbocycles. The van der Waals surface area contributed by atoms with E-state index in [-0.39, 0.29) is 18.0 Å². The van der Waals surface area contributed by atoms with Gasteiger partial charge in [-0.3, -0.25) is 4.90 Å². The Balaban J connectivity index is 4.11. The third kappa shape index (κ3) is 4.43. The van der Waals surface area contributed by atoms with Crippen LogP contribution in [0.2, 0.25) is 0 Å². The zero-order chi connectivity index (χ0) is 11.1. The monoisotopic (exact) mass is 203 g/mol. The van der Waals surface area contributed by atoms with Gasteiger partial charge in [-0.25, -0.2) is 0 Å². The number of nitrogens with zero attached hydrogens (tertiary/aromatic N) is 2. The number of hydrogen-bond acceptors (Lipinski definition) is 4. The Bertz CT molecular complexity index is 183. The fraction of sp³-hybridized carbons (Fsp3) is 0.889. The van der Waals surface area contributed by atoms with Crippen molar-refractivity contribution in [2.45, 2.75) is 38.8 Å². The van der Waals surface area contributed by atoms with Gasteiger partial charge in [0, 0.05) is 6.54 Å². The van der Waals surface area contributed by atoms with Crippen LogP contribution in [0, 0.1) is 0 Å². The first-order valence-electron chi connectivity index (χ1n) is 4.88. The van der Waals surface area contributed by atoms with Crippen molar-refractivity contribution < 1.29 is 10.3 Å². The minimum absolute atomic E-state index is 0.0567. The first-order valence-corrected chi connectivity index (χ1v) is 4.88. The minimum Gasteiger partial charge on any atom is -0.409 e. The molecule has 0 aromatic heterocycles. The van der Waals surface area contributed by atoms with Crippen molar-refractivity contribution in [3.8, 4) is 0 Å². The van der Waals surface area contributed by atoms with E-state index in [2.05, 4.69) is 5.16 Å². The molecular weight excluding hydrogens is 182 g/mol. The highest BCUT2D eigenvalue weighted by Crippen LogP contribution is 2.04. The highest BCUT2D eigenvalue weighted by molar-refractivity contribution is 5.85. The van der Waals surface area contributed by atoms with E-state index in [1.54, 1.807) is 6.92 Å². The molecule has 0 rings (SSSR count). The molecule has 4 N–H and O–H groups in total. The van der Waals surface area contributed by atoms with Crippen LogP contribution in [0.3, 0.4) is 0 Å². The predicted octanol–water partition coefficient (Wildman–Crippen LogP) is 0.214. The lowest BCUT2D eigenvalue weighted by molar-refractivity contribution is 0.158. The van der Waals surface area contributed by atoms with Crippen LogP contribution in [0.5, 0.6) is 0 Å². The first kappa shape index (κ1) is 13.2. The van der Waals surface area contributed by atoms with Crippen LogP contribution in [0.4, 0.5) is 0 Å². The summed E-state index contributed by atoms with van der Waals surface area (Å²) >= 11 is 0. The average Bonchev–Trinajstić information content (AvgIpc) is 2.15. The third-order valence-electron chi connectivity index (χ3n) is 2.28. The van der Waals surface area contributed by atoms with E-state index in [1.165, 1.54) is 0 Å². The maximum atomic E-state index is 9.11. The number of hydrogen-bond donors (Lipinski definition) is 3. The van der Waals surface area contributed by atoms with E-state index in [0.29, 0.717) is 6.42 Å². The molecule has 0 amide bonds. The Morgan fingerprint density at radius 1 is 1.57 bits per heavy atom. The predicted molar refractivity (Wildman–Crippen MR) is 56.4 cm³/mol. The summed E-state index contributed by atoms with van der Waals surface area (Å²) in [5.41, 5.74) is 5.53. The van der Waals surface area contributed by atoms with Gasteiger partial charge in [-0.15, -0.1) is 0 Å². The second-order valence-corrected chi connectivity index (χ2v) is 3.57. The van der Waals surface area contributed by atoms with E-state index in [9.17, 15) is 0 Å². The molecule has 0 aliphatic rings. The van der Waals surface area contributed by atoms with Crippen molar-refractivity contribution in [2.75, 3.05) is 13.6 Å². The largest absolute Gasteiger partial charge is 0.409 e. The molecule has 0 bridgehead atoms. The van der Waals surface area contributed by atoms with Crippen LogP contribution in [0.25, 0.3) is 0 Å². The van der Waals surface area contributed by atoms with Crippen LogP contribution in [0.15, 0.2) is 5.16 Å². The summed E-state index contributed by atoms with van der Waals surface area (Å²) in [7, 11) is 1.90. The van der Waals surface area contributed by atoms with Crippen LogP contribution in [0.1, 0.15) is 26.7 Å². The number of aliphatic hydroxyl groups excluding tert-OH is 1.